The Balaban J connectivity index is 1.85. The fraction of sp³-hybridized carbons (Fsp3) is 0.438. The van der Waals surface area contributed by atoms with Gasteiger partial charge in [-0.2, -0.15) is 0 Å². The zero-order chi connectivity index (χ0) is 13.2. The molecule has 3 heteroatoms. The van der Waals surface area contributed by atoms with Gasteiger partial charge < -0.3 is 5.73 Å². The standard InChI is InChI=1S/C16H20N2S/c1-11-4-2-5-12(8-11)9-15-18-16-13(10-17)6-3-7-14(16)19-15/h2,4-5,8,13H,3,6-7,9-10,17H2,1H3. The van der Waals surface area contributed by atoms with E-state index in [1.807, 2.05) is 11.3 Å². The zero-order valence-corrected chi connectivity index (χ0v) is 12.2. The lowest BCUT2D eigenvalue weighted by atomic mass is 9.91. The summed E-state index contributed by atoms with van der Waals surface area (Å²) in [6.07, 6.45) is 4.62. The van der Waals surface area contributed by atoms with Crippen LogP contribution in [0.15, 0.2) is 24.3 Å². The zero-order valence-electron chi connectivity index (χ0n) is 11.4. The maximum Gasteiger partial charge on any atom is 0.0975 e. The van der Waals surface area contributed by atoms with Crippen LogP contribution in [0.1, 0.15) is 45.5 Å². The Hall–Kier alpha value is -1.19. The third-order valence-electron chi connectivity index (χ3n) is 3.84. The number of thiazole rings is 1. The normalized spacial score (nSPS) is 18.3. The van der Waals surface area contributed by atoms with E-state index in [2.05, 4.69) is 31.2 Å². The minimum atomic E-state index is 0.492. The minimum Gasteiger partial charge on any atom is -0.330 e. The van der Waals surface area contributed by atoms with Crippen LogP contribution in [0.5, 0.6) is 0 Å². The molecule has 1 aliphatic rings. The summed E-state index contributed by atoms with van der Waals surface area (Å²) in [4.78, 5) is 6.34. The van der Waals surface area contributed by atoms with Gasteiger partial charge in [0.15, 0.2) is 0 Å². The highest BCUT2D eigenvalue weighted by Crippen LogP contribution is 2.34. The number of aryl methyl sites for hydroxylation is 2. The van der Waals surface area contributed by atoms with Crippen LogP contribution in [0.2, 0.25) is 0 Å². The molecule has 0 aliphatic heterocycles. The molecule has 0 saturated carbocycles. The van der Waals surface area contributed by atoms with Crippen LogP contribution in [0.4, 0.5) is 0 Å². The quantitative estimate of drug-likeness (QED) is 0.930. The smallest absolute Gasteiger partial charge is 0.0975 e. The minimum absolute atomic E-state index is 0.492. The molecule has 2 nitrogen and oxygen atoms in total. The van der Waals surface area contributed by atoms with E-state index >= 15 is 0 Å². The lowest BCUT2D eigenvalue weighted by Crippen LogP contribution is -2.17. The van der Waals surface area contributed by atoms with Crippen LogP contribution in [-0.4, -0.2) is 11.5 Å². The molecule has 1 aromatic heterocycles. The molecule has 0 spiro atoms. The summed E-state index contributed by atoms with van der Waals surface area (Å²) in [5.74, 6) is 0.492. The topological polar surface area (TPSA) is 38.9 Å². The molecule has 3 rings (SSSR count). The third kappa shape index (κ3) is 2.72. The summed E-state index contributed by atoms with van der Waals surface area (Å²) in [5, 5.41) is 1.25. The average molecular weight is 272 g/mol. The van der Waals surface area contributed by atoms with Crippen molar-refractivity contribution in [2.45, 2.75) is 38.5 Å². The molecule has 1 heterocycles. The van der Waals surface area contributed by atoms with Gasteiger partial charge in [-0.15, -0.1) is 11.3 Å². The largest absolute Gasteiger partial charge is 0.330 e. The number of nitrogens with two attached hydrogens (primary N) is 1. The van der Waals surface area contributed by atoms with Gasteiger partial charge in [0.25, 0.3) is 0 Å². The van der Waals surface area contributed by atoms with Crippen LogP contribution in [-0.2, 0) is 12.8 Å². The van der Waals surface area contributed by atoms with Crippen molar-refractivity contribution in [2.75, 3.05) is 6.54 Å². The number of nitrogens with zero attached hydrogens (tertiary/aromatic N) is 1. The Morgan fingerprint density at radius 2 is 2.32 bits per heavy atom. The van der Waals surface area contributed by atoms with E-state index in [4.69, 9.17) is 10.7 Å². The van der Waals surface area contributed by atoms with Gasteiger partial charge in [-0.3, -0.25) is 0 Å². The fourth-order valence-corrected chi connectivity index (χ4v) is 4.09. The fourth-order valence-electron chi connectivity index (χ4n) is 2.86. The van der Waals surface area contributed by atoms with E-state index in [9.17, 15) is 0 Å². The Morgan fingerprint density at radius 1 is 1.42 bits per heavy atom. The molecule has 1 unspecified atom stereocenters. The Labute approximate surface area is 118 Å². The van der Waals surface area contributed by atoms with Crippen molar-refractivity contribution in [1.29, 1.82) is 0 Å². The van der Waals surface area contributed by atoms with Crippen LogP contribution >= 0.6 is 11.3 Å². The Morgan fingerprint density at radius 3 is 3.11 bits per heavy atom. The van der Waals surface area contributed by atoms with Crippen LogP contribution in [0.3, 0.4) is 0 Å². The van der Waals surface area contributed by atoms with E-state index in [0.717, 1.165) is 13.0 Å². The van der Waals surface area contributed by atoms with E-state index in [1.165, 1.54) is 46.0 Å². The monoisotopic (exact) mass is 272 g/mol. The highest BCUT2D eigenvalue weighted by atomic mass is 32.1. The maximum absolute atomic E-state index is 5.86. The van der Waals surface area contributed by atoms with Gasteiger partial charge in [0, 0.05) is 23.8 Å². The molecular weight excluding hydrogens is 252 g/mol. The summed E-state index contributed by atoms with van der Waals surface area (Å²) in [7, 11) is 0. The van der Waals surface area contributed by atoms with Crippen molar-refractivity contribution in [3.05, 3.63) is 51.0 Å². The highest BCUT2D eigenvalue weighted by molar-refractivity contribution is 7.11. The average Bonchev–Trinajstić information content (AvgIpc) is 2.80. The van der Waals surface area contributed by atoms with Crippen molar-refractivity contribution in [2.24, 2.45) is 5.73 Å². The summed E-state index contributed by atoms with van der Waals surface area (Å²) < 4.78 is 0. The molecule has 0 amide bonds. The van der Waals surface area contributed by atoms with Gasteiger partial charge in [0.2, 0.25) is 0 Å². The van der Waals surface area contributed by atoms with E-state index in [0.29, 0.717) is 5.92 Å². The highest BCUT2D eigenvalue weighted by Gasteiger charge is 2.23. The van der Waals surface area contributed by atoms with Crippen LogP contribution < -0.4 is 5.73 Å². The first-order valence-corrected chi connectivity index (χ1v) is 7.82. The second-order valence-electron chi connectivity index (χ2n) is 5.41. The number of aromatic nitrogens is 1. The lowest BCUT2D eigenvalue weighted by molar-refractivity contribution is 0.553. The number of hydrogen-bond donors (Lipinski definition) is 1. The first kappa shape index (κ1) is 12.8. The number of hydrogen-bond acceptors (Lipinski definition) is 3. The van der Waals surface area contributed by atoms with Crippen LogP contribution in [0, 0.1) is 6.92 Å². The van der Waals surface area contributed by atoms with Gasteiger partial charge in [-0.25, -0.2) is 4.98 Å². The predicted molar refractivity (Wildman–Crippen MR) is 80.8 cm³/mol. The van der Waals surface area contributed by atoms with E-state index in [-0.39, 0.29) is 0 Å². The van der Waals surface area contributed by atoms with Gasteiger partial charge in [0.1, 0.15) is 0 Å². The Kier molecular flexibility index (Phi) is 3.67. The second-order valence-corrected chi connectivity index (χ2v) is 6.57. The first-order chi connectivity index (χ1) is 9.26. The molecular formula is C16H20N2S. The number of fused-ring (bicyclic) bond motifs is 1. The molecule has 1 aliphatic carbocycles. The van der Waals surface area contributed by atoms with E-state index < -0.39 is 0 Å². The first-order valence-electron chi connectivity index (χ1n) is 7.00. The molecule has 0 bridgehead atoms. The number of benzene rings is 1. The third-order valence-corrected chi connectivity index (χ3v) is 4.97. The van der Waals surface area contributed by atoms with Crippen LogP contribution in [0.25, 0.3) is 0 Å². The summed E-state index contributed by atoms with van der Waals surface area (Å²) in [6, 6.07) is 8.70. The van der Waals surface area contributed by atoms with Gasteiger partial charge in [-0.05, 0) is 31.7 Å². The van der Waals surface area contributed by atoms with Crippen molar-refractivity contribution >= 4 is 11.3 Å². The van der Waals surface area contributed by atoms with E-state index in [1.54, 1.807) is 0 Å². The van der Waals surface area contributed by atoms with Gasteiger partial charge >= 0.3 is 0 Å². The molecule has 0 fully saturated rings. The summed E-state index contributed by atoms with van der Waals surface area (Å²) in [5.41, 5.74) is 9.83. The summed E-state index contributed by atoms with van der Waals surface area (Å²) >= 11 is 1.89. The Bertz CT molecular complexity index is 574. The van der Waals surface area contributed by atoms with Crippen molar-refractivity contribution in [3.8, 4) is 0 Å². The predicted octanol–water partition coefficient (Wildman–Crippen LogP) is 3.42. The van der Waals surface area contributed by atoms with Crippen molar-refractivity contribution in [1.82, 2.24) is 4.98 Å². The molecule has 19 heavy (non-hydrogen) atoms. The second kappa shape index (κ2) is 5.43. The maximum atomic E-state index is 5.86. The van der Waals surface area contributed by atoms with Gasteiger partial charge in [-0.1, -0.05) is 29.8 Å². The molecule has 1 atom stereocenters. The van der Waals surface area contributed by atoms with Crippen molar-refractivity contribution in [3.63, 3.8) is 0 Å². The number of rotatable bonds is 3. The SMILES string of the molecule is Cc1cccc(Cc2nc3c(s2)CCCC3CN)c1. The summed E-state index contributed by atoms with van der Waals surface area (Å²) in [6.45, 7) is 2.88. The van der Waals surface area contributed by atoms with Crippen molar-refractivity contribution < 1.29 is 0 Å². The molecule has 1 aromatic carbocycles. The lowest BCUT2D eigenvalue weighted by Gasteiger charge is -2.18. The van der Waals surface area contributed by atoms with Gasteiger partial charge in [0.05, 0.1) is 10.7 Å². The molecule has 2 N–H and O–H groups in total. The molecule has 2 aromatic rings. The molecule has 0 radical (unpaired) electrons. The molecule has 0 saturated heterocycles. The molecule has 100 valence electrons.